The molecule has 2 atom stereocenters. The van der Waals surface area contributed by atoms with Gasteiger partial charge in [0.15, 0.2) is 5.54 Å². The Bertz CT molecular complexity index is 664. The first-order valence-electron chi connectivity index (χ1n) is 8.04. The minimum absolute atomic E-state index is 0.172. The molecule has 2 unspecified atom stereocenters. The Labute approximate surface area is 154 Å². The highest BCUT2D eigenvalue weighted by Crippen LogP contribution is 2.26. The topological polar surface area (TPSA) is 95.9 Å². The summed E-state index contributed by atoms with van der Waals surface area (Å²) >= 11 is 3.33. The fourth-order valence-electron chi connectivity index (χ4n) is 2.90. The number of esters is 1. The molecule has 0 radical (unpaired) electrons. The minimum atomic E-state index is -1.40. The van der Waals surface area contributed by atoms with Gasteiger partial charge in [0.1, 0.15) is 6.04 Å². The van der Waals surface area contributed by atoms with E-state index in [0.717, 1.165) is 9.37 Å². The van der Waals surface area contributed by atoms with Crippen molar-refractivity contribution in [3.63, 3.8) is 0 Å². The molecular formula is C17H21BrN2O5. The number of rotatable bonds is 5. The highest BCUT2D eigenvalue weighted by Gasteiger charge is 2.42. The van der Waals surface area contributed by atoms with Crippen LogP contribution in [0.25, 0.3) is 0 Å². The van der Waals surface area contributed by atoms with Gasteiger partial charge in [-0.05, 0) is 44.4 Å². The van der Waals surface area contributed by atoms with Gasteiger partial charge in [-0.3, -0.25) is 9.69 Å². The molecule has 1 saturated heterocycles. The average Bonchev–Trinajstić information content (AvgIpc) is 3.05. The molecule has 2 N–H and O–H groups in total. The van der Waals surface area contributed by atoms with Crippen molar-refractivity contribution in [1.82, 2.24) is 10.2 Å². The van der Waals surface area contributed by atoms with Gasteiger partial charge >= 0.3 is 12.1 Å². The molecule has 1 aromatic carbocycles. The zero-order valence-electron chi connectivity index (χ0n) is 14.1. The van der Waals surface area contributed by atoms with Gasteiger partial charge in [-0.1, -0.05) is 28.1 Å². The lowest BCUT2D eigenvalue weighted by Gasteiger charge is -2.31. The Hall–Kier alpha value is -2.09. The summed E-state index contributed by atoms with van der Waals surface area (Å²) in [6.07, 6.45) is -0.102. The number of benzene rings is 1. The van der Waals surface area contributed by atoms with Gasteiger partial charge in [-0.15, -0.1) is 0 Å². The molecule has 136 valence electrons. The number of nitrogens with one attached hydrogen (secondary N) is 1. The molecule has 7 nitrogen and oxygen atoms in total. The van der Waals surface area contributed by atoms with Crippen LogP contribution in [0.3, 0.4) is 0 Å². The number of carbonyl (C=O) groups is 3. The summed E-state index contributed by atoms with van der Waals surface area (Å²) in [4.78, 5) is 37.6. The van der Waals surface area contributed by atoms with Crippen LogP contribution >= 0.6 is 15.9 Å². The highest BCUT2D eigenvalue weighted by molar-refractivity contribution is 9.10. The van der Waals surface area contributed by atoms with E-state index in [0.29, 0.717) is 24.9 Å². The largest absolute Gasteiger partial charge is 0.465 e. The molecule has 1 aliphatic heterocycles. The van der Waals surface area contributed by atoms with Crippen molar-refractivity contribution in [2.75, 3.05) is 13.2 Å². The summed E-state index contributed by atoms with van der Waals surface area (Å²) < 4.78 is 5.97. The quantitative estimate of drug-likeness (QED) is 0.724. The van der Waals surface area contributed by atoms with Crippen molar-refractivity contribution in [1.29, 1.82) is 0 Å². The number of nitrogens with zero attached hydrogens (tertiary/aromatic N) is 1. The number of amides is 2. The van der Waals surface area contributed by atoms with E-state index in [9.17, 15) is 19.5 Å². The van der Waals surface area contributed by atoms with Crippen molar-refractivity contribution in [3.05, 3.63) is 34.3 Å². The first kappa shape index (κ1) is 19.2. The van der Waals surface area contributed by atoms with E-state index in [1.807, 2.05) is 0 Å². The van der Waals surface area contributed by atoms with Gasteiger partial charge in [-0.2, -0.15) is 0 Å². The number of halogens is 1. The molecular weight excluding hydrogens is 392 g/mol. The number of ether oxygens (including phenoxy) is 1. The monoisotopic (exact) mass is 412 g/mol. The molecule has 1 fully saturated rings. The lowest BCUT2D eigenvalue weighted by Crippen LogP contribution is -2.55. The summed E-state index contributed by atoms with van der Waals surface area (Å²) in [6, 6.07) is 6.15. The SMILES string of the molecule is CCOC(=O)C(C)(NC(=O)C1CCCN1C(=O)O)c1ccc(Br)cc1. The maximum absolute atomic E-state index is 12.7. The molecule has 0 aliphatic carbocycles. The van der Waals surface area contributed by atoms with Gasteiger partial charge in [0.05, 0.1) is 6.61 Å². The lowest BCUT2D eigenvalue weighted by atomic mass is 9.91. The summed E-state index contributed by atoms with van der Waals surface area (Å²) in [6.45, 7) is 3.73. The second-order valence-corrected chi connectivity index (χ2v) is 6.89. The third kappa shape index (κ3) is 4.12. The van der Waals surface area contributed by atoms with Crippen molar-refractivity contribution < 1.29 is 24.2 Å². The van der Waals surface area contributed by atoms with Gasteiger partial charge in [0, 0.05) is 11.0 Å². The van der Waals surface area contributed by atoms with Crippen LogP contribution in [0.5, 0.6) is 0 Å². The van der Waals surface area contributed by atoms with E-state index in [1.165, 1.54) is 0 Å². The van der Waals surface area contributed by atoms with Crippen LogP contribution in [-0.4, -0.2) is 47.2 Å². The summed E-state index contributed by atoms with van der Waals surface area (Å²) in [5, 5.41) is 11.9. The third-order valence-electron chi connectivity index (χ3n) is 4.28. The zero-order chi connectivity index (χ0) is 18.6. The average molecular weight is 413 g/mol. The van der Waals surface area contributed by atoms with Gasteiger partial charge in [-0.25, -0.2) is 9.59 Å². The van der Waals surface area contributed by atoms with Gasteiger partial charge in [0.25, 0.3) is 0 Å². The van der Waals surface area contributed by atoms with Crippen LogP contribution in [0.1, 0.15) is 32.3 Å². The second kappa shape index (κ2) is 7.86. The maximum atomic E-state index is 12.7. The van der Waals surface area contributed by atoms with Crippen molar-refractivity contribution >= 4 is 33.9 Å². The smallest absolute Gasteiger partial charge is 0.407 e. The van der Waals surface area contributed by atoms with E-state index in [2.05, 4.69) is 21.2 Å². The predicted molar refractivity (Wildman–Crippen MR) is 94.0 cm³/mol. The summed E-state index contributed by atoms with van der Waals surface area (Å²) in [5.41, 5.74) is -0.844. The Morgan fingerprint density at radius 3 is 2.56 bits per heavy atom. The van der Waals surface area contributed by atoms with E-state index in [4.69, 9.17) is 4.74 Å². The van der Waals surface area contributed by atoms with Crippen molar-refractivity contribution in [2.24, 2.45) is 0 Å². The second-order valence-electron chi connectivity index (χ2n) is 5.98. The highest BCUT2D eigenvalue weighted by atomic mass is 79.9. The number of carboxylic acid groups (broad SMARTS) is 1. The number of carbonyl (C=O) groups excluding carboxylic acids is 2. The molecule has 2 rings (SSSR count). The standard InChI is InChI=1S/C17H21BrN2O5/c1-3-25-15(22)17(2,11-6-8-12(18)9-7-11)19-14(21)13-5-4-10-20(13)16(23)24/h6-9,13H,3-5,10H2,1-2H3,(H,19,21)(H,23,24). The summed E-state index contributed by atoms with van der Waals surface area (Å²) in [7, 11) is 0. The van der Waals surface area contributed by atoms with E-state index in [-0.39, 0.29) is 6.61 Å². The van der Waals surface area contributed by atoms with Gasteiger partial charge in [0.2, 0.25) is 5.91 Å². The molecule has 0 aromatic heterocycles. The number of likely N-dealkylation sites (tertiary alicyclic amines) is 1. The van der Waals surface area contributed by atoms with Crippen molar-refractivity contribution in [2.45, 2.75) is 38.3 Å². The fourth-order valence-corrected chi connectivity index (χ4v) is 3.16. The maximum Gasteiger partial charge on any atom is 0.407 e. The normalized spacial score (nSPS) is 19.2. The molecule has 0 bridgehead atoms. The number of hydrogen-bond acceptors (Lipinski definition) is 4. The Morgan fingerprint density at radius 1 is 1.36 bits per heavy atom. The minimum Gasteiger partial charge on any atom is -0.465 e. The molecule has 0 spiro atoms. The first-order valence-corrected chi connectivity index (χ1v) is 8.83. The molecule has 8 heteroatoms. The Morgan fingerprint density at radius 2 is 2.00 bits per heavy atom. The Kier molecular flexibility index (Phi) is 6.05. The van der Waals surface area contributed by atoms with Crippen molar-refractivity contribution in [3.8, 4) is 0 Å². The molecule has 2 amide bonds. The fraction of sp³-hybridized carbons (Fsp3) is 0.471. The van der Waals surface area contributed by atoms with Crippen LogP contribution in [0.4, 0.5) is 4.79 Å². The van der Waals surface area contributed by atoms with Crippen LogP contribution < -0.4 is 5.32 Å². The van der Waals surface area contributed by atoms with E-state index < -0.39 is 29.6 Å². The zero-order valence-corrected chi connectivity index (χ0v) is 15.7. The molecule has 1 aliphatic rings. The van der Waals surface area contributed by atoms with Crippen LogP contribution in [0.2, 0.25) is 0 Å². The third-order valence-corrected chi connectivity index (χ3v) is 4.81. The molecule has 1 heterocycles. The van der Waals surface area contributed by atoms with Crippen LogP contribution in [0, 0.1) is 0 Å². The molecule has 25 heavy (non-hydrogen) atoms. The van der Waals surface area contributed by atoms with Crippen LogP contribution in [0.15, 0.2) is 28.7 Å². The van der Waals surface area contributed by atoms with Gasteiger partial charge < -0.3 is 15.2 Å². The number of hydrogen-bond donors (Lipinski definition) is 2. The molecule has 0 saturated carbocycles. The van der Waals surface area contributed by atoms with E-state index >= 15 is 0 Å². The molecule has 1 aromatic rings. The lowest BCUT2D eigenvalue weighted by molar-refractivity contribution is -0.153. The van der Waals surface area contributed by atoms with E-state index in [1.54, 1.807) is 38.1 Å². The summed E-state index contributed by atoms with van der Waals surface area (Å²) in [5.74, 6) is -1.09. The van der Waals surface area contributed by atoms with Crippen LogP contribution in [-0.2, 0) is 19.9 Å². The predicted octanol–water partition coefficient (Wildman–Crippen LogP) is 2.49. The Balaban J connectivity index is 2.30. The first-order chi connectivity index (χ1) is 11.8.